The predicted molar refractivity (Wildman–Crippen MR) is 79.5 cm³/mol. The Morgan fingerprint density at radius 2 is 2.10 bits per heavy atom. The molecule has 4 rings (SSSR count). The number of hydrogen-bond acceptors (Lipinski definition) is 3. The van der Waals surface area contributed by atoms with Crippen LogP contribution in [0.4, 0.5) is 4.39 Å². The summed E-state index contributed by atoms with van der Waals surface area (Å²) >= 11 is 0. The van der Waals surface area contributed by atoms with Crippen molar-refractivity contribution in [3.05, 3.63) is 46.5 Å². The molecule has 1 aliphatic heterocycles. The number of benzene rings is 1. The highest BCUT2D eigenvalue weighted by Gasteiger charge is 2.30. The van der Waals surface area contributed by atoms with Gasteiger partial charge in [-0.2, -0.15) is 0 Å². The number of nitrogens with zero attached hydrogens (tertiary/aromatic N) is 2. The second-order valence-corrected chi connectivity index (χ2v) is 6.02. The average Bonchev–Trinajstić information content (AvgIpc) is 3.33. The first-order valence-electron chi connectivity index (χ1n) is 7.59. The summed E-state index contributed by atoms with van der Waals surface area (Å²) in [4.78, 5) is 9.48. The van der Waals surface area contributed by atoms with E-state index in [-0.39, 0.29) is 5.82 Å². The van der Waals surface area contributed by atoms with E-state index in [0.29, 0.717) is 17.3 Å². The summed E-state index contributed by atoms with van der Waals surface area (Å²) in [5.74, 6) is 1.07. The van der Waals surface area contributed by atoms with Gasteiger partial charge in [-0.15, -0.1) is 0 Å². The van der Waals surface area contributed by atoms with Gasteiger partial charge in [-0.05, 0) is 31.4 Å². The Morgan fingerprint density at radius 1 is 1.24 bits per heavy atom. The van der Waals surface area contributed by atoms with E-state index in [4.69, 9.17) is 9.97 Å². The predicted octanol–water partition coefficient (Wildman–Crippen LogP) is 3.11. The van der Waals surface area contributed by atoms with Gasteiger partial charge in [-0.3, -0.25) is 0 Å². The molecule has 0 bridgehead atoms. The smallest absolute Gasteiger partial charge is 0.159 e. The third-order valence-corrected chi connectivity index (χ3v) is 4.36. The van der Waals surface area contributed by atoms with Gasteiger partial charge in [0.25, 0.3) is 0 Å². The lowest BCUT2D eigenvalue weighted by Gasteiger charge is -2.20. The molecule has 1 aromatic heterocycles. The highest BCUT2D eigenvalue weighted by molar-refractivity contribution is 5.57. The van der Waals surface area contributed by atoms with Crippen LogP contribution in [0.1, 0.15) is 41.3 Å². The molecule has 4 heteroatoms. The van der Waals surface area contributed by atoms with Gasteiger partial charge in [0, 0.05) is 36.6 Å². The minimum Gasteiger partial charge on any atom is -0.312 e. The van der Waals surface area contributed by atoms with Crippen molar-refractivity contribution in [3.8, 4) is 11.4 Å². The number of hydrogen-bond donors (Lipinski definition) is 1. The van der Waals surface area contributed by atoms with Crippen LogP contribution in [0, 0.1) is 12.7 Å². The molecular weight excluding hydrogens is 265 g/mol. The molecule has 1 aromatic carbocycles. The van der Waals surface area contributed by atoms with Crippen molar-refractivity contribution in [1.29, 1.82) is 0 Å². The van der Waals surface area contributed by atoms with Crippen molar-refractivity contribution >= 4 is 0 Å². The van der Waals surface area contributed by atoms with Crippen LogP contribution >= 0.6 is 0 Å². The maximum atomic E-state index is 13.8. The molecule has 0 atom stereocenters. The summed E-state index contributed by atoms with van der Waals surface area (Å²) in [6.45, 7) is 3.59. The van der Waals surface area contributed by atoms with Gasteiger partial charge in [0.15, 0.2) is 5.82 Å². The van der Waals surface area contributed by atoms with Crippen LogP contribution in [-0.2, 0) is 13.0 Å². The van der Waals surface area contributed by atoms with Crippen LogP contribution in [0.3, 0.4) is 0 Å². The molecule has 2 aliphatic rings. The molecule has 0 unspecified atom stereocenters. The summed E-state index contributed by atoms with van der Waals surface area (Å²) < 4.78 is 13.8. The largest absolute Gasteiger partial charge is 0.312 e. The average molecular weight is 283 g/mol. The van der Waals surface area contributed by atoms with E-state index in [1.807, 2.05) is 6.07 Å². The molecule has 2 heterocycles. The fourth-order valence-electron chi connectivity index (χ4n) is 2.92. The van der Waals surface area contributed by atoms with Crippen LogP contribution in [-0.4, -0.2) is 16.5 Å². The minimum atomic E-state index is -0.191. The third kappa shape index (κ3) is 2.33. The first-order valence-corrected chi connectivity index (χ1v) is 7.59. The van der Waals surface area contributed by atoms with Crippen LogP contribution in [0.5, 0.6) is 0 Å². The fraction of sp³-hybridized carbons (Fsp3) is 0.412. The summed E-state index contributed by atoms with van der Waals surface area (Å²) in [6, 6.07) is 5.26. The molecule has 3 nitrogen and oxygen atoms in total. The van der Waals surface area contributed by atoms with E-state index in [9.17, 15) is 4.39 Å². The van der Waals surface area contributed by atoms with E-state index < -0.39 is 0 Å². The molecule has 21 heavy (non-hydrogen) atoms. The van der Waals surface area contributed by atoms with E-state index in [1.54, 1.807) is 19.1 Å². The maximum absolute atomic E-state index is 13.8. The number of nitrogens with one attached hydrogen (secondary N) is 1. The lowest BCUT2D eigenvalue weighted by Crippen LogP contribution is -2.26. The van der Waals surface area contributed by atoms with Crippen LogP contribution in [0.25, 0.3) is 11.4 Å². The van der Waals surface area contributed by atoms with Crippen molar-refractivity contribution < 1.29 is 4.39 Å². The second kappa shape index (κ2) is 4.88. The van der Waals surface area contributed by atoms with Gasteiger partial charge >= 0.3 is 0 Å². The van der Waals surface area contributed by atoms with Crippen molar-refractivity contribution in [1.82, 2.24) is 15.3 Å². The zero-order valence-corrected chi connectivity index (χ0v) is 12.1. The number of fused-ring (bicyclic) bond motifs is 1. The van der Waals surface area contributed by atoms with Gasteiger partial charge in [0.05, 0.1) is 11.4 Å². The summed E-state index contributed by atoms with van der Waals surface area (Å²) in [7, 11) is 0. The van der Waals surface area contributed by atoms with Gasteiger partial charge in [0.2, 0.25) is 0 Å². The van der Waals surface area contributed by atoms with Gasteiger partial charge in [-0.1, -0.05) is 12.1 Å². The number of halogens is 1. The number of aromatic nitrogens is 2. The Kier molecular flexibility index (Phi) is 3.00. The first kappa shape index (κ1) is 12.9. The quantitative estimate of drug-likeness (QED) is 0.920. The Labute approximate surface area is 123 Å². The zero-order valence-electron chi connectivity index (χ0n) is 12.1. The standard InChI is InChI=1S/C17H18FN3/c1-10-2-3-12(8-14(10)18)17-20-15-6-7-19-9-13(15)16(21-17)11-4-5-11/h2-3,8,11,19H,4-7,9H2,1H3. The monoisotopic (exact) mass is 283 g/mol. The summed E-state index contributed by atoms with van der Waals surface area (Å²) in [5.41, 5.74) is 5.04. The third-order valence-electron chi connectivity index (χ3n) is 4.36. The highest BCUT2D eigenvalue weighted by atomic mass is 19.1. The molecule has 1 fully saturated rings. The van der Waals surface area contributed by atoms with Crippen LogP contribution in [0.2, 0.25) is 0 Å². The molecule has 108 valence electrons. The Hall–Kier alpha value is -1.81. The van der Waals surface area contributed by atoms with E-state index in [2.05, 4.69) is 5.32 Å². The Bertz CT molecular complexity index is 707. The molecule has 2 aromatic rings. The zero-order chi connectivity index (χ0) is 14.4. The van der Waals surface area contributed by atoms with Crippen molar-refractivity contribution in [2.24, 2.45) is 0 Å². The van der Waals surface area contributed by atoms with Crippen LogP contribution < -0.4 is 5.32 Å². The van der Waals surface area contributed by atoms with Crippen molar-refractivity contribution in [3.63, 3.8) is 0 Å². The van der Waals surface area contributed by atoms with Gasteiger partial charge in [0.1, 0.15) is 5.82 Å². The Balaban J connectivity index is 1.85. The first-order chi connectivity index (χ1) is 10.2. The van der Waals surface area contributed by atoms with E-state index in [1.165, 1.54) is 24.1 Å². The molecule has 0 amide bonds. The number of rotatable bonds is 2. The van der Waals surface area contributed by atoms with Crippen molar-refractivity contribution in [2.45, 2.75) is 38.6 Å². The normalized spacial score (nSPS) is 17.6. The lowest BCUT2D eigenvalue weighted by molar-refractivity contribution is 0.615. The molecule has 0 radical (unpaired) electrons. The lowest BCUT2D eigenvalue weighted by atomic mass is 10.0. The van der Waals surface area contributed by atoms with Crippen molar-refractivity contribution in [2.75, 3.05) is 6.54 Å². The molecule has 1 saturated carbocycles. The van der Waals surface area contributed by atoms with Gasteiger partial charge in [-0.25, -0.2) is 14.4 Å². The molecule has 1 N–H and O–H groups in total. The molecular formula is C17H18FN3. The molecule has 0 saturated heterocycles. The van der Waals surface area contributed by atoms with Gasteiger partial charge < -0.3 is 5.32 Å². The van der Waals surface area contributed by atoms with Crippen LogP contribution in [0.15, 0.2) is 18.2 Å². The molecule has 1 aliphatic carbocycles. The minimum absolute atomic E-state index is 0.191. The van der Waals surface area contributed by atoms with E-state index >= 15 is 0 Å². The highest BCUT2D eigenvalue weighted by Crippen LogP contribution is 2.42. The summed E-state index contributed by atoms with van der Waals surface area (Å²) in [6.07, 6.45) is 3.36. The van der Waals surface area contributed by atoms with E-state index in [0.717, 1.165) is 30.8 Å². The Morgan fingerprint density at radius 3 is 2.86 bits per heavy atom. The maximum Gasteiger partial charge on any atom is 0.159 e. The topological polar surface area (TPSA) is 37.8 Å². The second-order valence-electron chi connectivity index (χ2n) is 6.02. The SMILES string of the molecule is Cc1ccc(-c2nc3c(c(C4CC4)n2)CNCC3)cc1F. The number of aryl methyl sites for hydroxylation is 1. The molecule has 0 spiro atoms. The summed E-state index contributed by atoms with van der Waals surface area (Å²) in [5, 5.41) is 3.40. The fourth-order valence-corrected chi connectivity index (χ4v) is 2.92.